The number of halogens is 2. The molecule has 0 heterocycles. The van der Waals surface area contributed by atoms with Crippen LogP contribution in [0.3, 0.4) is 0 Å². The molecule has 0 atom stereocenters. The van der Waals surface area contributed by atoms with Gasteiger partial charge in [-0.2, -0.15) is 0 Å². The van der Waals surface area contributed by atoms with Gasteiger partial charge in [0, 0.05) is 23.9 Å². The highest BCUT2D eigenvalue weighted by molar-refractivity contribution is 6.31. The minimum absolute atomic E-state index is 0.000997. The molecule has 0 unspecified atom stereocenters. The topological polar surface area (TPSA) is 52.5 Å². The zero-order valence-corrected chi connectivity index (χ0v) is 10.1. The van der Waals surface area contributed by atoms with E-state index in [1.807, 2.05) is 0 Å². The maximum Gasteiger partial charge on any atom is 0.141 e. The van der Waals surface area contributed by atoms with Crippen molar-refractivity contribution in [3.8, 4) is 11.5 Å². The van der Waals surface area contributed by atoms with E-state index in [0.717, 1.165) is 0 Å². The molecule has 0 aliphatic heterocycles. The summed E-state index contributed by atoms with van der Waals surface area (Å²) in [5.41, 5.74) is 1.27. The van der Waals surface area contributed by atoms with E-state index >= 15 is 0 Å². The molecular formula is C13H11ClFNO2. The predicted octanol–water partition coefficient (Wildman–Crippen LogP) is 3.50. The number of nitrogens with one attached hydrogen (secondary N) is 1. The van der Waals surface area contributed by atoms with Gasteiger partial charge in [0.25, 0.3) is 0 Å². The zero-order chi connectivity index (χ0) is 13.1. The third-order valence-corrected chi connectivity index (χ3v) is 2.76. The molecule has 0 spiro atoms. The van der Waals surface area contributed by atoms with Gasteiger partial charge in [-0.15, -0.1) is 0 Å². The normalized spacial score (nSPS) is 10.3. The van der Waals surface area contributed by atoms with E-state index in [9.17, 15) is 9.50 Å². The van der Waals surface area contributed by atoms with Crippen molar-refractivity contribution < 1.29 is 14.6 Å². The van der Waals surface area contributed by atoms with Gasteiger partial charge >= 0.3 is 0 Å². The largest absolute Gasteiger partial charge is 0.508 e. The molecule has 0 aliphatic rings. The molecule has 0 fully saturated rings. The van der Waals surface area contributed by atoms with E-state index in [2.05, 4.69) is 5.32 Å². The molecule has 0 amide bonds. The van der Waals surface area contributed by atoms with Gasteiger partial charge in [0.2, 0.25) is 0 Å². The molecule has 0 saturated heterocycles. The summed E-state index contributed by atoms with van der Waals surface area (Å²) in [6, 6.07) is 8.63. The lowest BCUT2D eigenvalue weighted by Crippen LogP contribution is -1.99. The number of rotatable bonds is 3. The second-order valence-electron chi connectivity index (χ2n) is 3.80. The third kappa shape index (κ3) is 2.84. The molecule has 0 radical (unpaired) electrons. The Bertz CT molecular complexity index is 575. The minimum Gasteiger partial charge on any atom is -0.508 e. The molecule has 3 N–H and O–H groups in total. The highest BCUT2D eigenvalue weighted by Crippen LogP contribution is 2.24. The van der Waals surface area contributed by atoms with Crippen LogP contribution in [-0.2, 0) is 6.54 Å². The van der Waals surface area contributed by atoms with Gasteiger partial charge in [0.05, 0.1) is 5.02 Å². The molecule has 0 saturated carbocycles. The van der Waals surface area contributed by atoms with Crippen molar-refractivity contribution in [1.82, 2.24) is 0 Å². The van der Waals surface area contributed by atoms with Crippen LogP contribution >= 0.6 is 11.6 Å². The second kappa shape index (κ2) is 5.14. The number of hydrogen-bond donors (Lipinski definition) is 3. The lowest BCUT2D eigenvalue weighted by Gasteiger charge is -2.09. The van der Waals surface area contributed by atoms with Gasteiger partial charge in [0.15, 0.2) is 0 Å². The molecule has 3 nitrogen and oxygen atoms in total. The van der Waals surface area contributed by atoms with Crippen LogP contribution in [0.1, 0.15) is 5.56 Å². The Morgan fingerprint density at radius 3 is 2.56 bits per heavy atom. The summed E-state index contributed by atoms with van der Waals surface area (Å²) in [5, 5.41) is 21.8. The number of hydrogen-bond acceptors (Lipinski definition) is 3. The third-order valence-electron chi connectivity index (χ3n) is 2.47. The maximum absolute atomic E-state index is 12.9. The van der Waals surface area contributed by atoms with Crippen LogP contribution in [0.4, 0.5) is 10.1 Å². The van der Waals surface area contributed by atoms with Gasteiger partial charge < -0.3 is 15.5 Å². The van der Waals surface area contributed by atoms with E-state index in [0.29, 0.717) is 17.8 Å². The SMILES string of the molecule is Oc1ccc(CNc2ccc(F)c(Cl)c2)c(O)c1. The number of benzene rings is 2. The van der Waals surface area contributed by atoms with Crippen molar-refractivity contribution in [2.45, 2.75) is 6.54 Å². The average molecular weight is 268 g/mol. The standard InChI is InChI=1S/C13H11ClFNO2/c14-11-5-9(2-4-12(11)15)16-7-8-1-3-10(17)6-13(8)18/h1-6,16-18H,7H2. The van der Waals surface area contributed by atoms with Crippen molar-refractivity contribution >= 4 is 17.3 Å². The fourth-order valence-electron chi connectivity index (χ4n) is 1.51. The Balaban J connectivity index is 2.09. The van der Waals surface area contributed by atoms with Crippen LogP contribution in [0.2, 0.25) is 5.02 Å². The van der Waals surface area contributed by atoms with Crippen LogP contribution in [0.15, 0.2) is 36.4 Å². The Hall–Kier alpha value is -1.94. The first-order valence-corrected chi connectivity index (χ1v) is 5.64. The molecule has 5 heteroatoms. The Morgan fingerprint density at radius 1 is 1.11 bits per heavy atom. The highest BCUT2D eigenvalue weighted by atomic mass is 35.5. The summed E-state index contributed by atoms with van der Waals surface area (Å²) in [4.78, 5) is 0. The molecule has 0 aliphatic carbocycles. The Labute approximate surface area is 108 Å². The maximum atomic E-state index is 12.9. The minimum atomic E-state index is -0.477. The number of aromatic hydroxyl groups is 2. The van der Waals surface area contributed by atoms with Crippen molar-refractivity contribution in [1.29, 1.82) is 0 Å². The number of phenols is 2. The van der Waals surface area contributed by atoms with E-state index in [1.165, 1.54) is 24.3 Å². The van der Waals surface area contributed by atoms with E-state index in [1.54, 1.807) is 12.1 Å². The van der Waals surface area contributed by atoms with Crippen molar-refractivity contribution in [2.24, 2.45) is 0 Å². The van der Waals surface area contributed by atoms with Crippen molar-refractivity contribution in [2.75, 3.05) is 5.32 Å². The lowest BCUT2D eigenvalue weighted by atomic mass is 10.2. The smallest absolute Gasteiger partial charge is 0.141 e. The van der Waals surface area contributed by atoms with Gasteiger partial charge in [-0.05, 0) is 30.3 Å². The first kappa shape index (κ1) is 12.5. The fraction of sp³-hybridized carbons (Fsp3) is 0.0769. The van der Waals surface area contributed by atoms with Gasteiger partial charge in [-0.3, -0.25) is 0 Å². The summed E-state index contributed by atoms with van der Waals surface area (Å²) in [6.07, 6.45) is 0. The second-order valence-corrected chi connectivity index (χ2v) is 4.20. The zero-order valence-electron chi connectivity index (χ0n) is 9.32. The highest BCUT2D eigenvalue weighted by Gasteiger charge is 2.04. The Kier molecular flexibility index (Phi) is 3.58. The van der Waals surface area contributed by atoms with Gasteiger partial charge in [0.1, 0.15) is 17.3 Å². The molecule has 2 aromatic carbocycles. The summed E-state index contributed by atoms with van der Waals surface area (Å²) in [6.45, 7) is 0.341. The number of anilines is 1. The van der Waals surface area contributed by atoms with E-state index < -0.39 is 5.82 Å². The molecule has 2 rings (SSSR count). The van der Waals surface area contributed by atoms with Gasteiger partial charge in [-0.1, -0.05) is 11.6 Å². The van der Waals surface area contributed by atoms with E-state index in [-0.39, 0.29) is 16.5 Å². The van der Waals surface area contributed by atoms with Crippen molar-refractivity contribution in [3.63, 3.8) is 0 Å². The molecule has 2 aromatic rings. The Morgan fingerprint density at radius 2 is 1.89 bits per heavy atom. The molecule has 0 aromatic heterocycles. The molecule has 94 valence electrons. The lowest BCUT2D eigenvalue weighted by molar-refractivity contribution is 0.446. The molecular weight excluding hydrogens is 257 g/mol. The van der Waals surface area contributed by atoms with E-state index in [4.69, 9.17) is 16.7 Å². The summed E-state index contributed by atoms with van der Waals surface area (Å²) in [5.74, 6) is -0.480. The monoisotopic (exact) mass is 267 g/mol. The first-order valence-electron chi connectivity index (χ1n) is 5.26. The molecule has 0 bridgehead atoms. The van der Waals surface area contributed by atoms with Crippen LogP contribution in [-0.4, -0.2) is 10.2 Å². The molecule has 18 heavy (non-hydrogen) atoms. The summed E-state index contributed by atoms with van der Waals surface area (Å²) < 4.78 is 12.9. The van der Waals surface area contributed by atoms with Crippen LogP contribution < -0.4 is 5.32 Å². The van der Waals surface area contributed by atoms with Crippen LogP contribution in [0.25, 0.3) is 0 Å². The van der Waals surface area contributed by atoms with Crippen LogP contribution in [0.5, 0.6) is 11.5 Å². The van der Waals surface area contributed by atoms with Gasteiger partial charge in [-0.25, -0.2) is 4.39 Å². The number of phenolic OH excluding ortho intramolecular Hbond substituents is 2. The fourth-order valence-corrected chi connectivity index (χ4v) is 1.69. The first-order chi connectivity index (χ1) is 8.56. The van der Waals surface area contributed by atoms with Crippen LogP contribution in [0, 0.1) is 5.82 Å². The predicted molar refractivity (Wildman–Crippen MR) is 68.5 cm³/mol. The van der Waals surface area contributed by atoms with Crippen molar-refractivity contribution in [3.05, 3.63) is 52.8 Å². The average Bonchev–Trinajstić information content (AvgIpc) is 2.32. The summed E-state index contributed by atoms with van der Waals surface area (Å²) in [7, 11) is 0. The quantitative estimate of drug-likeness (QED) is 0.798. The summed E-state index contributed by atoms with van der Waals surface area (Å²) >= 11 is 5.65.